The zero-order valence-corrected chi connectivity index (χ0v) is 15.9. The van der Waals surface area contributed by atoms with Crippen LogP contribution in [0.4, 0.5) is 8.78 Å². The van der Waals surface area contributed by atoms with Gasteiger partial charge in [-0.3, -0.25) is 4.90 Å². The normalized spacial score (nSPS) is 17.9. The molecular formula is C23H27F2NO. The maximum Gasteiger partial charge on any atom is 0.133 e. The first-order chi connectivity index (χ1) is 13.2. The van der Waals surface area contributed by atoms with Gasteiger partial charge in [0.05, 0.1) is 6.61 Å². The second-order valence-electron chi connectivity index (χ2n) is 7.72. The molecule has 2 aromatic carbocycles. The van der Waals surface area contributed by atoms with Crippen LogP contribution in [0.1, 0.15) is 56.1 Å². The quantitative estimate of drug-likeness (QED) is 0.627. The fraction of sp³-hybridized carbons (Fsp3) is 0.478. The van der Waals surface area contributed by atoms with Crippen LogP contribution in [0.3, 0.4) is 0 Å². The molecule has 0 unspecified atom stereocenters. The van der Waals surface area contributed by atoms with Crippen molar-refractivity contribution in [2.45, 2.75) is 51.5 Å². The zero-order chi connectivity index (χ0) is 18.8. The van der Waals surface area contributed by atoms with Crippen molar-refractivity contribution in [1.82, 2.24) is 4.90 Å². The number of benzene rings is 2. The second-order valence-corrected chi connectivity index (χ2v) is 7.72. The lowest BCUT2D eigenvalue weighted by Crippen LogP contribution is -2.29. The summed E-state index contributed by atoms with van der Waals surface area (Å²) in [6, 6.07) is 8.04. The lowest BCUT2D eigenvalue weighted by atomic mass is 9.93. The van der Waals surface area contributed by atoms with Gasteiger partial charge in [0, 0.05) is 23.7 Å². The Labute approximate surface area is 160 Å². The number of rotatable bonds is 6. The average Bonchev–Trinajstić information content (AvgIpc) is 3.49. The van der Waals surface area contributed by atoms with E-state index in [-0.39, 0.29) is 0 Å². The largest absolute Gasteiger partial charge is 0.494 e. The predicted molar refractivity (Wildman–Crippen MR) is 104 cm³/mol. The smallest absolute Gasteiger partial charge is 0.133 e. The molecule has 1 aliphatic carbocycles. The molecular weight excluding hydrogens is 344 g/mol. The number of hydrogen-bond donors (Lipinski definition) is 0. The first-order valence-electron chi connectivity index (χ1n) is 10.1. The van der Waals surface area contributed by atoms with Crippen LogP contribution in [-0.4, -0.2) is 24.6 Å². The molecule has 1 aliphatic heterocycles. The fourth-order valence-electron chi connectivity index (χ4n) is 4.09. The Morgan fingerprint density at radius 3 is 2.44 bits per heavy atom. The third kappa shape index (κ3) is 4.16. The van der Waals surface area contributed by atoms with Gasteiger partial charge < -0.3 is 4.74 Å². The highest BCUT2D eigenvalue weighted by atomic mass is 19.1. The number of halogens is 2. The van der Waals surface area contributed by atoms with E-state index in [1.54, 1.807) is 6.07 Å². The molecule has 1 saturated heterocycles. The van der Waals surface area contributed by atoms with E-state index in [0.717, 1.165) is 49.9 Å². The molecule has 0 atom stereocenters. The molecule has 1 heterocycles. The van der Waals surface area contributed by atoms with Crippen molar-refractivity contribution in [2.24, 2.45) is 0 Å². The highest BCUT2D eigenvalue weighted by molar-refractivity contribution is 5.72. The molecule has 2 fully saturated rings. The van der Waals surface area contributed by atoms with Crippen LogP contribution in [0.2, 0.25) is 0 Å². The standard InChI is InChI=1S/C23H27F2NO/c1-2-27-23-14-21(19-9-8-18(24)13-22(19)25)20(16-6-7-16)12-17(23)15-26-10-4-3-5-11-26/h8-9,12-14,16H,2-7,10-11,15H2,1H3. The molecule has 2 aliphatic rings. The zero-order valence-electron chi connectivity index (χ0n) is 15.9. The summed E-state index contributed by atoms with van der Waals surface area (Å²) in [7, 11) is 0. The Morgan fingerprint density at radius 2 is 1.78 bits per heavy atom. The Hall–Kier alpha value is -1.94. The van der Waals surface area contributed by atoms with E-state index in [1.165, 1.54) is 36.5 Å². The molecule has 0 radical (unpaired) electrons. The summed E-state index contributed by atoms with van der Waals surface area (Å²) in [6.07, 6.45) is 6.07. The summed E-state index contributed by atoms with van der Waals surface area (Å²) >= 11 is 0. The predicted octanol–water partition coefficient (Wildman–Crippen LogP) is 5.89. The van der Waals surface area contributed by atoms with Crippen molar-refractivity contribution in [2.75, 3.05) is 19.7 Å². The molecule has 27 heavy (non-hydrogen) atoms. The van der Waals surface area contributed by atoms with Crippen molar-refractivity contribution in [3.63, 3.8) is 0 Å². The van der Waals surface area contributed by atoms with Gasteiger partial charge in [-0.05, 0) is 87.0 Å². The SMILES string of the molecule is CCOc1cc(-c2ccc(F)cc2F)c(C2CC2)cc1CN1CCCCC1. The van der Waals surface area contributed by atoms with Crippen molar-refractivity contribution in [1.29, 1.82) is 0 Å². The van der Waals surface area contributed by atoms with E-state index in [4.69, 9.17) is 4.74 Å². The summed E-state index contributed by atoms with van der Waals surface area (Å²) in [5.41, 5.74) is 3.67. The first-order valence-corrected chi connectivity index (χ1v) is 10.1. The molecule has 0 N–H and O–H groups in total. The van der Waals surface area contributed by atoms with E-state index in [0.29, 0.717) is 18.1 Å². The van der Waals surface area contributed by atoms with Gasteiger partial charge in [0.25, 0.3) is 0 Å². The second kappa shape index (κ2) is 7.97. The van der Waals surface area contributed by atoms with Gasteiger partial charge in [0.15, 0.2) is 0 Å². The molecule has 0 amide bonds. The van der Waals surface area contributed by atoms with E-state index >= 15 is 0 Å². The monoisotopic (exact) mass is 371 g/mol. The lowest BCUT2D eigenvalue weighted by Gasteiger charge is -2.28. The summed E-state index contributed by atoms with van der Waals surface area (Å²) in [5.74, 6) is 0.241. The van der Waals surface area contributed by atoms with Gasteiger partial charge in [0.2, 0.25) is 0 Å². The van der Waals surface area contributed by atoms with Gasteiger partial charge in [-0.1, -0.05) is 6.42 Å². The number of piperidine rings is 1. The minimum Gasteiger partial charge on any atom is -0.494 e. The number of likely N-dealkylation sites (tertiary alicyclic amines) is 1. The van der Waals surface area contributed by atoms with Crippen molar-refractivity contribution in [3.8, 4) is 16.9 Å². The average molecular weight is 371 g/mol. The minimum atomic E-state index is -0.545. The van der Waals surface area contributed by atoms with Crippen LogP contribution in [0.5, 0.6) is 5.75 Å². The maximum atomic E-state index is 14.5. The molecule has 0 aromatic heterocycles. The summed E-state index contributed by atoms with van der Waals surface area (Å²) in [4.78, 5) is 2.48. The summed E-state index contributed by atoms with van der Waals surface area (Å²) < 4.78 is 33.8. The van der Waals surface area contributed by atoms with Gasteiger partial charge in [-0.2, -0.15) is 0 Å². The summed E-state index contributed by atoms with van der Waals surface area (Å²) in [6.45, 7) is 5.66. The molecule has 4 heteroatoms. The van der Waals surface area contributed by atoms with Crippen LogP contribution in [0.15, 0.2) is 30.3 Å². The Bertz CT molecular complexity index is 810. The molecule has 2 nitrogen and oxygen atoms in total. The lowest BCUT2D eigenvalue weighted by molar-refractivity contribution is 0.216. The molecule has 1 saturated carbocycles. The molecule has 144 valence electrons. The van der Waals surface area contributed by atoms with Crippen LogP contribution in [0, 0.1) is 11.6 Å². The third-order valence-corrected chi connectivity index (χ3v) is 5.61. The van der Waals surface area contributed by atoms with Crippen LogP contribution >= 0.6 is 0 Å². The van der Waals surface area contributed by atoms with E-state index < -0.39 is 11.6 Å². The van der Waals surface area contributed by atoms with Gasteiger partial charge >= 0.3 is 0 Å². The Kier molecular flexibility index (Phi) is 5.44. The van der Waals surface area contributed by atoms with Gasteiger partial charge in [0.1, 0.15) is 17.4 Å². The number of ether oxygens (including phenoxy) is 1. The van der Waals surface area contributed by atoms with Crippen LogP contribution in [-0.2, 0) is 6.54 Å². The van der Waals surface area contributed by atoms with E-state index in [1.807, 2.05) is 13.0 Å². The Balaban J connectivity index is 1.75. The number of nitrogens with zero attached hydrogens (tertiary/aromatic N) is 1. The third-order valence-electron chi connectivity index (χ3n) is 5.61. The van der Waals surface area contributed by atoms with E-state index in [9.17, 15) is 8.78 Å². The first kappa shape index (κ1) is 18.4. The molecule has 2 aromatic rings. The van der Waals surface area contributed by atoms with Crippen LogP contribution in [0.25, 0.3) is 11.1 Å². The topological polar surface area (TPSA) is 12.5 Å². The van der Waals surface area contributed by atoms with Crippen molar-refractivity contribution < 1.29 is 13.5 Å². The molecule has 0 bridgehead atoms. The summed E-state index contributed by atoms with van der Waals surface area (Å²) in [5, 5.41) is 0. The maximum absolute atomic E-state index is 14.5. The highest BCUT2D eigenvalue weighted by Gasteiger charge is 2.29. The van der Waals surface area contributed by atoms with E-state index in [2.05, 4.69) is 11.0 Å². The fourth-order valence-corrected chi connectivity index (χ4v) is 4.09. The van der Waals surface area contributed by atoms with Crippen molar-refractivity contribution in [3.05, 3.63) is 53.1 Å². The van der Waals surface area contributed by atoms with Crippen LogP contribution < -0.4 is 4.74 Å². The molecule has 0 spiro atoms. The van der Waals surface area contributed by atoms with Gasteiger partial charge in [-0.15, -0.1) is 0 Å². The van der Waals surface area contributed by atoms with Crippen molar-refractivity contribution >= 4 is 0 Å². The minimum absolute atomic E-state index is 0.462. The number of hydrogen-bond acceptors (Lipinski definition) is 2. The van der Waals surface area contributed by atoms with Gasteiger partial charge in [-0.25, -0.2) is 8.78 Å². The highest BCUT2D eigenvalue weighted by Crippen LogP contribution is 2.47. The Morgan fingerprint density at radius 1 is 1.00 bits per heavy atom. The molecule has 4 rings (SSSR count).